The van der Waals surface area contributed by atoms with Crippen molar-refractivity contribution >= 4 is 22.5 Å². The number of H-pyrrole nitrogens is 1. The monoisotopic (exact) mass is 328 g/mol. The van der Waals surface area contributed by atoms with Crippen molar-refractivity contribution < 1.29 is 14.6 Å². The summed E-state index contributed by atoms with van der Waals surface area (Å²) in [4.78, 5) is 26.0. The van der Waals surface area contributed by atoms with Crippen LogP contribution in [0.5, 0.6) is 0 Å². The molecule has 0 radical (unpaired) electrons. The van der Waals surface area contributed by atoms with Gasteiger partial charge in [0.25, 0.3) is 5.56 Å². The van der Waals surface area contributed by atoms with Crippen molar-refractivity contribution in [2.75, 3.05) is 6.61 Å². The van der Waals surface area contributed by atoms with Crippen molar-refractivity contribution in [3.05, 3.63) is 51.9 Å². The minimum Gasteiger partial charge on any atom is -0.481 e. The number of fused-ring (bicyclic) bond motifs is 3. The van der Waals surface area contributed by atoms with Gasteiger partial charge in [-0.25, -0.2) is 0 Å². The summed E-state index contributed by atoms with van der Waals surface area (Å²) in [6, 6.07) is 9.36. The number of hydrogen-bond donors (Lipinski definition) is 2. The molecule has 126 valence electrons. The Bertz CT molecular complexity index is 939. The number of ether oxygens (including phenoxy) is 1. The normalized spacial score (nSPS) is 11.4. The number of carboxylic acids is 1. The van der Waals surface area contributed by atoms with Crippen LogP contribution >= 0.6 is 0 Å². The Morgan fingerprint density at radius 3 is 2.79 bits per heavy atom. The van der Waals surface area contributed by atoms with Crippen molar-refractivity contribution in [2.45, 2.75) is 32.8 Å². The first kappa shape index (κ1) is 16.3. The molecule has 0 saturated heterocycles. The van der Waals surface area contributed by atoms with Gasteiger partial charge in [-0.15, -0.1) is 0 Å². The number of benzene rings is 1. The summed E-state index contributed by atoms with van der Waals surface area (Å²) in [6.45, 7) is 3.26. The first-order valence-electron chi connectivity index (χ1n) is 8.05. The van der Waals surface area contributed by atoms with Gasteiger partial charge in [-0.1, -0.05) is 13.0 Å². The number of nitrogens with zero attached hydrogens (tertiary/aromatic N) is 1. The minimum atomic E-state index is -0.852. The fourth-order valence-corrected chi connectivity index (χ4v) is 2.86. The Kier molecular flexibility index (Phi) is 4.66. The molecular formula is C18H20N2O4. The number of aromatic nitrogens is 2. The fourth-order valence-electron chi connectivity index (χ4n) is 2.86. The van der Waals surface area contributed by atoms with E-state index >= 15 is 0 Å². The quantitative estimate of drug-likeness (QED) is 0.653. The highest BCUT2D eigenvalue weighted by atomic mass is 16.5. The highest BCUT2D eigenvalue weighted by Gasteiger charge is 2.11. The molecule has 0 spiro atoms. The third-order valence-electron chi connectivity index (χ3n) is 3.96. The molecule has 6 heteroatoms. The SMILES string of the molecule is CCCOCc1ccc2c(c1)[nH]c(=O)c1ccc(CCC(=O)O)n12. The first-order chi connectivity index (χ1) is 11.6. The molecule has 0 unspecified atom stereocenters. The summed E-state index contributed by atoms with van der Waals surface area (Å²) in [5.41, 5.74) is 3.73. The van der Waals surface area contributed by atoms with E-state index in [0.717, 1.165) is 28.7 Å². The third-order valence-corrected chi connectivity index (χ3v) is 3.96. The van der Waals surface area contributed by atoms with Gasteiger partial charge in [0, 0.05) is 12.3 Å². The molecule has 3 aromatic rings. The predicted molar refractivity (Wildman–Crippen MR) is 91.4 cm³/mol. The molecule has 2 N–H and O–H groups in total. The fraction of sp³-hybridized carbons (Fsp3) is 0.333. The molecule has 1 aromatic carbocycles. The Labute approximate surface area is 138 Å². The maximum absolute atomic E-state index is 12.3. The van der Waals surface area contributed by atoms with Gasteiger partial charge in [-0.05, 0) is 42.7 Å². The van der Waals surface area contributed by atoms with Crippen molar-refractivity contribution in [3.63, 3.8) is 0 Å². The van der Waals surface area contributed by atoms with Crippen LogP contribution in [-0.4, -0.2) is 27.1 Å². The molecule has 24 heavy (non-hydrogen) atoms. The summed E-state index contributed by atoms with van der Waals surface area (Å²) in [5.74, 6) is -0.852. The molecule has 0 aliphatic rings. The lowest BCUT2D eigenvalue weighted by molar-refractivity contribution is -0.136. The zero-order valence-electron chi connectivity index (χ0n) is 13.5. The average Bonchev–Trinajstić information content (AvgIpc) is 2.98. The molecule has 3 rings (SSSR count). The Hall–Kier alpha value is -2.60. The smallest absolute Gasteiger partial charge is 0.303 e. The highest BCUT2D eigenvalue weighted by molar-refractivity contribution is 5.79. The molecular weight excluding hydrogens is 308 g/mol. The second kappa shape index (κ2) is 6.88. The summed E-state index contributed by atoms with van der Waals surface area (Å²) in [6.07, 6.45) is 1.37. The average molecular weight is 328 g/mol. The number of aliphatic carboxylic acids is 1. The summed E-state index contributed by atoms with van der Waals surface area (Å²) in [5, 5.41) is 8.90. The van der Waals surface area contributed by atoms with Gasteiger partial charge in [0.1, 0.15) is 5.52 Å². The van der Waals surface area contributed by atoms with E-state index in [1.165, 1.54) is 0 Å². The molecule has 0 aliphatic carbocycles. The molecule has 0 atom stereocenters. The van der Waals surface area contributed by atoms with E-state index < -0.39 is 5.97 Å². The van der Waals surface area contributed by atoms with Crippen LogP contribution in [0.4, 0.5) is 0 Å². The Morgan fingerprint density at radius 2 is 2.04 bits per heavy atom. The van der Waals surface area contributed by atoms with Gasteiger partial charge < -0.3 is 19.2 Å². The van der Waals surface area contributed by atoms with E-state index in [4.69, 9.17) is 9.84 Å². The van der Waals surface area contributed by atoms with Gasteiger partial charge >= 0.3 is 5.97 Å². The zero-order valence-corrected chi connectivity index (χ0v) is 13.5. The molecule has 0 aliphatic heterocycles. The van der Waals surface area contributed by atoms with Crippen LogP contribution in [0.3, 0.4) is 0 Å². The van der Waals surface area contributed by atoms with Gasteiger partial charge in [0.05, 0.1) is 24.1 Å². The van der Waals surface area contributed by atoms with Gasteiger partial charge in [-0.2, -0.15) is 0 Å². The second-order valence-electron chi connectivity index (χ2n) is 5.80. The van der Waals surface area contributed by atoms with Crippen LogP contribution in [-0.2, 0) is 22.6 Å². The number of nitrogens with one attached hydrogen (secondary N) is 1. The number of hydrogen-bond acceptors (Lipinski definition) is 3. The van der Waals surface area contributed by atoms with Crippen LogP contribution in [0.15, 0.2) is 35.1 Å². The topological polar surface area (TPSA) is 83.8 Å². The zero-order chi connectivity index (χ0) is 17.1. The Balaban J connectivity index is 2.06. The predicted octanol–water partition coefficient (Wildman–Crippen LogP) is 2.72. The standard InChI is InChI=1S/C18H20N2O4/c1-2-9-24-11-12-3-6-15-14(10-12)19-18(23)16-7-4-13(20(15)16)5-8-17(21)22/h3-4,6-7,10H,2,5,8-9,11H2,1H3,(H,19,23)(H,21,22). The maximum Gasteiger partial charge on any atom is 0.303 e. The molecule has 0 fully saturated rings. The number of carbonyl (C=O) groups is 1. The first-order valence-corrected chi connectivity index (χ1v) is 8.05. The summed E-state index contributed by atoms with van der Waals surface area (Å²) < 4.78 is 7.39. The molecule has 0 bridgehead atoms. The lowest BCUT2D eigenvalue weighted by Crippen LogP contribution is -2.12. The number of rotatable bonds is 7. The van der Waals surface area contributed by atoms with E-state index in [1.54, 1.807) is 6.07 Å². The van der Waals surface area contributed by atoms with Crippen LogP contribution in [0.1, 0.15) is 31.0 Å². The van der Waals surface area contributed by atoms with Crippen molar-refractivity contribution in [2.24, 2.45) is 0 Å². The van der Waals surface area contributed by atoms with Crippen LogP contribution in [0.25, 0.3) is 16.6 Å². The summed E-state index contributed by atoms with van der Waals surface area (Å²) >= 11 is 0. The number of aromatic amines is 1. The van der Waals surface area contributed by atoms with E-state index in [-0.39, 0.29) is 12.0 Å². The number of aryl methyl sites for hydroxylation is 1. The maximum atomic E-state index is 12.3. The van der Waals surface area contributed by atoms with E-state index in [9.17, 15) is 9.59 Å². The third kappa shape index (κ3) is 3.19. The van der Waals surface area contributed by atoms with Crippen LogP contribution in [0.2, 0.25) is 0 Å². The van der Waals surface area contributed by atoms with Crippen molar-refractivity contribution in [3.8, 4) is 0 Å². The number of carboxylic acid groups (broad SMARTS) is 1. The lowest BCUT2D eigenvalue weighted by Gasteiger charge is -2.09. The van der Waals surface area contributed by atoms with Crippen molar-refractivity contribution in [1.82, 2.24) is 9.38 Å². The van der Waals surface area contributed by atoms with E-state index in [2.05, 4.69) is 11.9 Å². The summed E-state index contributed by atoms with van der Waals surface area (Å²) in [7, 11) is 0. The molecule has 6 nitrogen and oxygen atoms in total. The van der Waals surface area contributed by atoms with Crippen LogP contribution < -0.4 is 5.56 Å². The molecule has 2 heterocycles. The molecule has 0 saturated carbocycles. The van der Waals surface area contributed by atoms with Gasteiger partial charge in [0.15, 0.2) is 0 Å². The minimum absolute atomic E-state index is 0.0311. The largest absolute Gasteiger partial charge is 0.481 e. The van der Waals surface area contributed by atoms with Gasteiger partial charge in [-0.3, -0.25) is 9.59 Å². The lowest BCUT2D eigenvalue weighted by atomic mass is 10.2. The highest BCUT2D eigenvalue weighted by Crippen LogP contribution is 2.19. The Morgan fingerprint density at radius 1 is 1.25 bits per heavy atom. The molecule has 0 amide bonds. The van der Waals surface area contributed by atoms with Crippen LogP contribution in [0, 0.1) is 0 Å². The second-order valence-corrected chi connectivity index (χ2v) is 5.80. The van der Waals surface area contributed by atoms with E-state index in [1.807, 2.05) is 28.7 Å². The van der Waals surface area contributed by atoms with E-state index in [0.29, 0.717) is 25.2 Å². The molecule has 2 aromatic heterocycles. The van der Waals surface area contributed by atoms with Crippen molar-refractivity contribution in [1.29, 1.82) is 0 Å². The van der Waals surface area contributed by atoms with Gasteiger partial charge in [0.2, 0.25) is 0 Å².